The summed E-state index contributed by atoms with van der Waals surface area (Å²) in [5.41, 5.74) is 1.10. The highest BCUT2D eigenvalue weighted by atomic mass is 127. The van der Waals surface area contributed by atoms with Gasteiger partial charge in [-0.2, -0.15) is 0 Å². The van der Waals surface area contributed by atoms with Crippen LogP contribution in [0.4, 0.5) is 0 Å². The maximum atomic E-state index is 4.13. The molecule has 2 nitrogen and oxygen atoms in total. The molecule has 2 aromatic heterocycles. The Kier molecular flexibility index (Phi) is 1.37. The molecule has 10 heavy (non-hydrogen) atoms. The zero-order chi connectivity index (χ0) is 6.97. The predicted octanol–water partition coefficient (Wildman–Crippen LogP) is 2.17. The average molecular weight is 244 g/mol. The van der Waals surface area contributed by atoms with E-state index in [2.05, 4.69) is 32.6 Å². The molecule has 0 aromatic carbocycles. The van der Waals surface area contributed by atoms with Crippen LogP contribution in [0.25, 0.3) is 10.9 Å². The molecule has 3 heteroatoms. The monoisotopic (exact) mass is 244 g/mol. The summed E-state index contributed by atoms with van der Waals surface area (Å²) in [6.07, 6.45) is 3.76. The minimum atomic E-state index is 1.03. The Labute approximate surface area is 71.8 Å². The topological polar surface area (TPSA) is 28.7 Å². The number of nitrogens with zero attached hydrogens (tertiary/aromatic N) is 1. The number of aromatic amines is 1. The fourth-order valence-corrected chi connectivity index (χ4v) is 1.40. The molecular formula is C7H5IN2. The Hall–Kier alpha value is -0.580. The number of halogens is 1. The summed E-state index contributed by atoms with van der Waals surface area (Å²) in [5.74, 6) is 0. The predicted molar refractivity (Wildman–Crippen MR) is 48.8 cm³/mol. The van der Waals surface area contributed by atoms with Crippen molar-refractivity contribution in [2.75, 3.05) is 0 Å². The van der Waals surface area contributed by atoms with Crippen LogP contribution in [0.3, 0.4) is 0 Å². The van der Waals surface area contributed by atoms with E-state index >= 15 is 0 Å². The van der Waals surface area contributed by atoms with Crippen molar-refractivity contribution in [1.82, 2.24) is 9.97 Å². The Morgan fingerprint density at radius 2 is 2.40 bits per heavy atom. The minimum Gasteiger partial charge on any atom is -0.360 e. The third-order valence-electron chi connectivity index (χ3n) is 1.40. The maximum Gasteiger partial charge on any atom is 0.102 e. The zero-order valence-corrected chi connectivity index (χ0v) is 7.29. The lowest BCUT2D eigenvalue weighted by molar-refractivity contribution is 1.29. The van der Waals surface area contributed by atoms with Crippen LogP contribution in [0.15, 0.2) is 24.5 Å². The van der Waals surface area contributed by atoms with Crippen LogP contribution in [-0.4, -0.2) is 9.97 Å². The third-order valence-corrected chi connectivity index (χ3v) is 1.99. The van der Waals surface area contributed by atoms with E-state index in [0.29, 0.717) is 0 Å². The van der Waals surface area contributed by atoms with Crippen molar-refractivity contribution >= 4 is 33.5 Å². The molecule has 1 N–H and O–H groups in total. The van der Waals surface area contributed by atoms with Gasteiger partial charge in [0, 0.05) is 11.6 Å². The van der Waals surface area contributed by atoms with Gasteiger partial charge in [-0.25, -0.2) is 4.98 Å². The van der Waals surface area contributed by atoms with Gasteiger partial charge in [0.25, 0.3) is 0 Å². The van der Waals surface area contributed by atoms with E-state index in [9.17, 15) is 0 Å². The molecule has 50 valence electrons. The van der Waals surface area contributed by atoms with Gasteiger partial charge in [0.2, 0.25) is 0 Å². The number of hydrogen-bond donors (Lipinski definition) is 1. The fraction of sp³-hybridized carbons (Fsp3) is 0. The minimum absolute atomic E-state index is 1.03. The van der Waals surface area contributed by atoms with E-state index in [1.807, 2.05) is 24.5 Å². The highest BCUT2D eigenvalue weighted by Crippen LogP contribution is 2.12. The van der Waals surface area contributed by atoms with Crippen LogP contribution in [-0.2, 0) is 0 Å². The Morgan fingerprint density at radius 1 is 1.50 bits per heavy atom. The van der Waals surface area contributed by atoms with Gasteiger partial charge in [0.1, 0.15) is 3.70 Å². The Bertz CT molecular complexity index is 353. The average Bonchev–Trinajstić information content (AvgIpc) is 2.33. The molecule has 0 saturated carbocycles. The first-order valence-electron chi connectivity index (χ1n) is 2.95. The SMILES string of the molecule is Ic1cc2cc[nH]c2cn1. The van der Waals surface area contributed by atoms with Gasteiger partial charge in [-0.1, -0.05) is 0 Å². The molecule has 0 fully saturated rings. The number of fused-ring (bicyclic) bond motifs is 1. The van der Waals surface area contributed by atoms with Crippen LogP contribution < -0.4 is 0 Å². The fourth-order valence-electron chi connectivity index (χ4n) is 0.924. The molecule has 0 unspecified atom stereocenters. The van der Waals surface area contributed by atoms with Crippen LogP contribution in [0.1, 0.15) is 0 Å². The normalized spacial score (nSPS) is 10.5. The van der Waals surface area contributed by atoms with E-state index in [4.69, 9.17) is 0 Å². The van der Waals surface area contributed by atoms with Crippen molar-refractivity contribution in [3.8, 4) is 0 Å². The van der Waals surface area contributed by atoms with Crippen molar-refractivity contribution in [1.29, 1.82) is 0 Å². The number of aromatic nitrogens is 2. The molecule has 0 aliphatic carbocycles. The first-order chi connectivity index (χ1) is 4.86. The van der Waals surface area contributed by atoms with Crippen molar-refractivity contribution < 1.29 is 0 Å². The molecule has 0 spiro atoms. The molecule has 2 rings (SSSR count). The molecule has 0 saturated heterocycles. The summed E-state index contributed by atoms with van der Waals surface area (Å²) in [4.78, 5) is 7.22. The number of pyridine rings is 1. The van der Waals surface area contributed by atoms with E-state index in [1.54, 1.807) is 0 Å². The lowest BCUT2D eigenvalue weighted by Gasteiger charge is -1.88. The van der Waals surface area contributed by atoms with Gasteiger partial charge in [0.05, 0.1) is 11.7 Å². The second kappa shape index (κ2) is 2.23. The van der Waals surface area contributed by atoms with Gasteiger partial charge >= 0.3 is 0 Å². The summed E-state index contributed by atoms with van der Waals surface area (Å²) < 4.78 is 1.03. The Balaban J connectivity index is 2.86. The number of nitrogens with one attached hydrogen (secondary N) is 1. The van der Waals surface area contributed by atoms with Gasteiger partial charge < -0.3 is 4.98 Å². The second-order valence-corrected chi connectivity index (χ2v) is 3.18. The molecular weight excluding hydrogens is 239 g/mol. The molecule has 2 heterocycles. The first-order valence-corrected chi connectivity index (χ1v) is 4.03. The summed E-state index contributed by atoms with van der Waals surface area (Å²) in [5, 5.41) is 1.22. The van der Waals surface area contributed by atoms with Gasteiger partial charge in [0.15, 0.2) is 0 Å². The molecule has 0 atom stereocenters. The molecule has 0 radical (unpaired) electrons. The molecule has 0 aliphatic heterocycles. The van der Waals surface area contributed by atoms with E-state index < -0.39 is 0 Å². The van der Waals surface area contributed by atoms with E-state index in [0.717, 1.165) is 9.22 Å². The first kappa shape index (κ1) is 6.15. The lowest BCUT2D eigenvalue weighted by atomic mass is 10.3. The van der Waals surface area contributed by atoms with Crippen molar-refractivity contribution in [2.24, 2.45) is 0 Å². The van der Waals surface area contributed by atoms with Crippen LogP contribution >= 0.6 is 22.6 Å². The van der Waals surface area contributed by atoms with Crippen molar-refractivity contribution in [2.45, 2.75) is 0 Å². The van der Waals surface area contributed by atoms with E-state index in [1.165, 1.54) is 5.39 Å². The summed E-state index contributed by atoms with van der Waals surface area (Å²) >= 11 is 2.20. The van der Waals surface area contributed by atoms with Crippen LogP contribution in [0, 0.1) is 3.70 Å². The number of rotatable bonds is 0. The molecule has 0 amide bonds. The number of H-pyrrole nitrogens is 1. The van der Waals surface area contributed by atoms with E-state index in [-0.39, 0.29) is 0 Å². The van der Waals surface area contributed by atoms with Crippen LogP contribution in [0.2, 0.25) is 0 Å². The quantitative estimate of drug-likeness (QED) is 0.558. The van der Waals surface area contributed by atoms with Gasteiger partial charge in [-0.3, -0.25) is 0 Å². The largest absolute Gasteiger partial charge is 0.360 e. The summed E-state index contributed by atoms with van der Waals surface area (Å²) in [6, 6.07) is 4.09. The highest BCUT2D eigenvalue weighted by Gasteiger charge is 1.93. The maximum absolute atomic E-state index is 4.13. The van der Waals surface area contributed by atoms with Crippen LogP contribution in [0.5, 0.6) is 0 Å². The number of hydrogen-bond acceptors (Lipinski definition) is 1. The van der Waals surface area contributed by atoms with Crippen molar-refractivity contribution in [3.05, 3.63) is 28.2 Å². The molecule has 2 aromatic rings. The van der Waals surface area contributed by atoms with Gasteiger partial charge in [-0.05, 0) is 34.7 Å². The standard InChI is InChI=1S/C7H5IN2/c8-7-3-5-1-2-9-6(5)4-10-7/h1-4,9H. The third kappa shape index (κ3) is 0.901. The summed E-state index contributed by atoms with van der Waals surface area (Å²) in [7, 11) is 0. The van der Waals surface area contributed by atoms with Gasteiger partial charge in [-0.15, -0.1) is 0 Å². The zero-order valence-electron chi connectivity index (χ0n) is 5.13. The molecule has 0 bridgehead atoms. The lowest BCUT2D eigenvalue weighted by Crippen LogP contribution is -1.76. The summed E-state index contributed by atoms with van der Waals surface area (Å²) in [6.45, 7) is 0. The highest BCUT2D eigenvalue weighted by molar-refractivity contribution is 14.1. The second-order valence-electron chi connectivity index (χ2n) is 2.07. The smallest absolute Gasteiger partial charge is 0.102 e. The molecule has 0 aliphatic rings. The van der Waals surface area contributed by atoms with Crippen molar-refractivity contribution in [3.63, 3.8) is 0 Å². The Morgan fingerprint density at radius 3 is 3.30 bits per heavy atom.